The molecule has 0 aliphatic carbocycles. The van der Waals surface area contributed by atoms with Crippen molar-refractivity contribution in [1.82, 2.24) is 25.2 Å². The average molecular weight is 449 g/mol. The Labute approximate surface area is 169 Å². The van der Waals surface area contributed by atoms with Gasteiger partial charge in [-0.05, 0) is 18.2 Å². The second-order valence-corrected chi connectivity index (χ2v) is 6.50. The van der Waals surface area contributed by atoms with Gasteiger partial charge in [0.05, 0.1) is 30.2 Å². The molecular formula is C17H13F6N5O3. The fourth-order valence-electron chi connectivity index (χ4n) is 2.67. The summed E-state index contributed by atoms with van der Waals surface area (Å²) in [6, 6.07) is 0.951. The van der Waals surface area contributed by atoms with E-state index in [9.17, 15) is 41.0 Å². The lowest BCUT2D eigenvalue weighted by atomic mass is 10.0. The smallest absolute Gasteiger partial charge is 0.391 e. The first-order valence-electron chi connectivity index (χ1n) is 8.51. The number of rotatable bonds is 4. The molecule has 1 aliphatic rings. The van der Waals surface area contributed by atoms with Crippen molar-refractivity contribution in [2.45, 2.75) is 24.9 Å². The van der Waals surface area contributed by atoms with Crippen LogP contribution in [0.1, 0.15) is 17.5 Å². The third-order valence-corrected chi connectivity index (χ3v) is 4.08. The summed E-state index contributed by atoms with van der Waals surface area (Å²) in [7, 11) is 0. The number of amides is 2. The topological polar surface area (TPSA) is 100 Å². The van der Waals surface area contributed by atoms with Crippen molar-refractivity contribution in [3.8, 4) is 11.4 Å². The zero-order valence-corrected chi connectivity index (χ0v) is 15.3. The van der Waals surface area contributed by atoms with Crippen LogP contribution in [0.15, 0.2) is 30.6 Å². The van der Waals surface area contributed by atoms with Gasteiger partial charge in [-0.15, -0.1) is 5.10 Å². The number of nitrogens with zero attached hydrogens (tertiary/aromatic N) is 4. The summed E-state index contributed by atoms with van der Waals surface area (Å²) in [6.07, 6.45) is -8.19. The van der Waals surface area contributed by atoms with E-state index >= 15 is 0 Å². The number of aliphatic hydroxyl groups excluding tert-OH is 1. The van der Waals surface area contributed by atoms with E-state index in [0.717, 1.165) is 28.3 Å². The molecule has 1 aromatic carbocycles. The minimum atomic E-state index is -5.02. The van der Waals surface area contributed by atoms with Gasteiger partial charge in [-0.25, -0.2) is 9.67 Å². The minimum Gasteiger partial charge on any atom is -0.391 e. The van der Waals surface area contributed by atoms with Crippen LogP contribution in [0, 0.1) is 0 Å². The summed E-state index contributed by atoms with van der Waals surface area (Å²) >= 11 is 0. The van der Waals surface area contributed by atoms with Crippen LogP contribution in [0.3, 0.4) is 0 Å². The Kier molecular flexibility index (Phi) is 5.76. The molecule has 1 aliphatic heterocycles. The quantitative estimate of drug-likeness (QED) is 0.550. The summed E-state index contributed by atoms with van der Waals surface area (Å²) in [6.45, 7) is -0.0943. The van der Waals surface area contributed by atoms with Crippen molar-refractivity contribution in [2.24, 2.45) is 0 Å². The van der Waals surface area contributed by atoms with Gasteiger partial charge in [0.2, 0.25) is 5.91 Å². The molecule has 2 amide bonds. The van der Waals surface area contributed by atoms with Gasteiger partial charge in [-0.1, -0.05) is 0 Å². The second-order valence-electron chi connectivity index (χ2n) is 6.50. The van der Waals surface area contributed by atoms with E-state index in [1.165, 1.54) is 0 Å². The number of alkyl halides is 6. The third-order valence-electron chi connectivity index (χ3n) is 4.08. The molecule has 14 heteroatoms. The number of hydrazine groups is 1. The molecule has 3 rings (SSSR count). The average Bonchev–Trinajstić information content (AvgIpc) is 3.24. The Hall–Kier alpha value is -3.42. The molecule has 166 valence electrons. The zero-order chi connectivity index (χ0) is 23.0. The number of carbonyl (C=O) groups excluding carboxylic acids is 2. The molecule has 0 bridgehead atoms. The summed E-state index contributed by atoms with van der Waals surface area (Å²) in [5, 5.41) is 14.0. The lowest BCUT2D eigenvalue weighted by Gasteiger charge is -2.15. The van der Waals surface area contributed by atoms with E-state index in [0.29, 0.717) is 12.1 Å². The number of β-amino-alcohol motifs (C(OH)–C–C–N with tert-alkyl or cyclic N) is 1. The molecule has 0 radical (unpaired) electrons. The van der Waals surface area contributed by atoms with Gasteiger partial charge in [-0.3, -0.25) is 20.0 Å². The van der Waals surface area contributed by atoms with Crippen LogP contribution in [0.2, 0.25) is 0 Å². The molecule has 8 nitrogen and oxygen atoms in total. The molecule has 2 aromatic rings. The van der Waals surface area contributed by atoms with E-state index in [2.05, 4.69) is 15.5 Å². The lowest BCUT2D eigenvalue weighted by molar-refractivity contribution is -0.143. The maximum absolute atomic E-state index is 13.0. The van der Waals surface area contributed by atoms with Gasteiger partial charge >= 0.3 is 12.4 Å². The van der Waals surface area contributed by atoms with Crippen LogP contribution in [0.5, 0.6) is 0 Å². The maximum Gasteiger partial charge on any atom is 0.416 e. The number of aromatic nitrogens is 3. The van der Waals surface area contributed by atoms with Crippen LogP contribution in [0.25, 0.3) is 17.6 Å². The monoisotopic (exact) mass is 449 g/mol. The fourth-order valence-corrected chi connectivity index (χ4v) is 2.67. The molecule has 0 saturated carbocycles. The van der Waals surface area contributed by atoms with Crippen molar-refractivity contribution >= 4 is 18.0 Å². The lowest BCUT2D eigenvalue weighted by Crippen LogP contribution is -2.42. The number of hydrogen-bond donors (Lipinski definition) is 2. The maximum atomic E-state index is 13.0. The highest BCUT2D eigenvalue weighted by molar-refractivity contribution is 5.92. The number of halogens is 6. The first kappa shape index (κ1) is 22.3. The van der Waals surface area contributed by atoms with E-state index in [-0.39, 0.29) is 19.0 Å². The van der Waals surface area contributed by atoms with Crippen LogP contribution >= 0.6 is 0 Å². The predicted molar refractivity (Wildman–Crippen MR) is 91.3 cm³/mol. The Morgan fingerprint density at radius 1 is 1.13 bits per heavy atom. The molecule has 1 saturated heterocycles. The predicted octanol–water partition coefficient (Wildman–Crippen LogP) is 2.08. The molecule has 31 heavy (non-hydrogen) atoms. The van der Waals surface area contributed by atoms with Crippen LogP contribution in [-0.2, 0) is 21.9 Å². The number of aliphatic hydroxyl groups is 1. The highest BCUT2D eigenvalue weighted by Gasteiger charge is 2.37. The standard InChI is InChI=1S/C17H13F6N5O3/c18-16(19,20)10-3-9(4-11(5-10)17(21,22)23)15-24-8-27(26-15)2-1-13(30)25-28-7-12(29)6-14(28)31/h1-5,8,12,29H,6-7H2,(H,25,30)/b2-1-. The van der Waals surface area contributed by atoms with Crippen molar-refractivity contribution < 1.29 is 41.0 Å². The number of benzene rings is 1. The summed E-state index contributed by atoms with van der Waals surface area (Å²) in [5.74, 6) is -1.71. The molecule has 1 aromatic heterocycles. The normalized spacial score (nSPS) is 17.6. The van der Waals surface area contributed by atoms with Gasteiger partial charge in [0.1, 0.15) is 6.33 Å². The summed E-state index contributed by atoms with van der Waals surface area (Å²) in [4.78, 5) is 27.0. The number of hydrogen-bond acceptors (Lipinski definition) is 5. The van der Waals surface area contributed by atoms with Gasteiger partial charge in [0, 0.05) is 17.8 Å². The number of nitrogens with one attached hydrogen (secondary N) is 1. The van der Waals surface area contributed by atoms with Crippen molar-refractivity contribution in [1.29, 1.82) is 0 Å². The van der Waals surface area contributed by atoms with Crippen molar-refractivity contribution in [3.05, 3.63) is 41.7 Å². The van der Waals surface area contributed by atoms with Gasteiger partial charge in [0.15, 0.2) is 5.82 Å². The highest BCUT2D eigenvalue weighted by atomic mass is 19.4. The number of carbonyl (C=O) groups is 2. The van der Waals surface area contributed by atoms with Crippen LogP contribution in [0.4, 0.5) is 26.3 Å². The van der Waals surface area contributed by atoms with E-state index < -0.39 is 52.8 Å². The van der Waals surface area contributed by atoms with Crippen molar-refractivity contribution in [3.63, 3.8) is 0 Å². The van der Waals surface area contributed by atoms with Crippen molar-refractivity contribution in [2.75, 3.05) is 6.54 Å². The second kappa shape index (κ2) is 8.02. The SMILES string of the molecule is O=C(/C=C\n1cnc(-c2cc(C(F)(F)F)cc(C(F)(F)F)c2)n1)NN1CC(O)CC1=O. The van der Waals surface area contributed by atoms with E-state index in [1.807, 2.05) is 0 Å². The third kappa shape index (κ3) is 5.39. The van der Waals surface area contributed by atoms with Gasteiger partial charge in [-0.2, -0.15) is 26.3 Å². The first-order valence-corrected chi connectivity index (χ1v) is 8.51. The molecular weight excluding hydrogens is 436 g/mol. The van der Waals surface area contributed by atoms with E-state index in [1.54, 1.807) is 0 Å². The highest BCUT2D eigenvalue weighted by Crippen LogP contribution is 2.38. The first-order chi connectivity index (χ1) is 14.3. The summed E-state index contributed by atoms with van der Waals surface area (Å²) < 4.78 is 78.7. The molecule has 0 spiro atoms. The Bertz CT molecular complexity index is 998. The van der Waals surface area contributed by atoms with Crippen LogP contribution in [-0.4, -0.2) is 49.3 Å². The van der Waals surface area contributed by atoms with Crippen LogP contribution < -0.4 is 5.43 Å². The Morgan fingerprint density at radius 3 is 2.26 bits per heavy atom. The molecule has 2 heterocycles. The largest absolute Gasteiger partial charge is 0.416 e. The molecule has 1 fully saturated rings. The Balaban J connectivity index is 1.79. The molecule has 2 N–H and O–H groups in total. The van der Waals surface area contributed by atoms with Gasteiger partial charge < -0.3 is 5.11 Å². The fraction of sp³-hybridized carbons (Fsp3) is 0.294. The summed E-state index contributed by atoms with van der Waals surface area (Å²) in [5.41, 5.74) is -1.34. The Morgan fingerprint density at radius 2 is 1.74 bits per heavy atom. The van der Waals surface area contributed by atoms with E-state index in [4.69, 9.17) is 0 Å². The minimum absolute atomic E-state index is 0.0126. The zero-order valence-electron chi connectivity index (χ0n) is 15.3. The molecule has 1 atom stereocenters. The van der Waals surface area contributed by atoms with Gasteiger partial charge in [0.25, 0.3) is 5.91 Å². The molecule has 1 unspecified atom stereocenters.